The number of hydrogen-bond donors (Lipinski definition) is 1. The number of rotatable bonds is 4. The molecule has 0 aliphatic heterocycles. The third kappa shape index (κ3) is 3.31. The maximum atomic E-state index is 13.5. The fourth-order valence-electron chi connectivity index (χ4n) is 1.36. The summed E-state index contributed by atoms with van der Waals surface area (Å²) in [5.41, 5.74) is 5.80. The minimum absolute atomic E-state index is 0.0199. The molecule has 1 rings (SSSR count). The monoisotopic (exact) mass is 261 g/mol. The Morgan fingerprint density at radius 1 is 1.53 bits per heavy atom. The molecule has 6 heteroatoms. The summed E-state index contributed by atoms with van der Waals surface area (Å²) in [7, 11) is 2.64. The molecule has 0 spiro atoms. The van der Waals surface area contributed by atoms with Crippen LogP contribution in [0.4, 0.5) is 4.39 Å². The van der Waals surface area contributed by atoms with Gasteiger partial charge in [0.15, 0.2) is 0 Å². The van der Waals surface area contributed by atoms with E-state index in [1.165, 1.54) is 20.3 Å². The molecule has 0 bridgehead atoms. The molecular formula is C11H13ClFNO3. The Bertz CT molecular complexity index is 425. The average Bonchev–Trinajstić information content (AvgIpc) is 2.31. The second-order valence-corrected chi connectivity index (χ2v) is 3.82. The third-order valence-electron chi connectivity index (χ3n) is 2.26. The zero-order valence-corrected chi connectivity index (χ0v) is 10.3. The van der Waals surface area contributed by atoms with Crippen molar-refractivity contribution >= 4 is 17.6 Å². The van der Waals surface area contributed by atoms with Crippen molar-refractivity contribution in [2.45, 2.75) is 12.5 Å². The first-order chi connectivity index (χ1) is 7.99. The van der Waals surface area contributed by atoms with Crippen molar-refractivity contribution in [3.63, 3.8) is 0 Å². The molecule has 0 aliphatic rings. The van der Waals surface area contributed by atoms with Gasteiger partial charge in [-0.25, -0.2) is 4.39 Å². The number of ether oxygens (including phenoxy) is 2. The van der Waals surface area contributed by atoms with Crippen LogP contribution in [0.3, 0.4) is 0 Å². The maximum Gasteiger partial charge on any atom is 0.322 e. The second kappa shape index (κ2) is 5.84. The number of esters is 1. The summed E-state index contributed by atoms with van der Waals surface area (Å²) in [6.45, 7) is 0. The molecule has 1 aromatic carbocycles. The Morgan fingerprint density at radius 3 is 2.71 bits per heavy atom. The molecule has 0 heterocycles. The van der Waals surface area contributed by atoms with Crippen LogP contribution in [0.1, 0.15) is 5.56 Å². The quantitative estimate of drug-likeness (QED) is 0.835. The van der Waals surface area contributed by atoms with Gasteiger partial charge in [-0.2, -0.15) is 0 Å². The molecule has 0 radical (unpaired) electrons. The van der Waals surface area contributed by atoms with Gasteiger partial charge >= 0.3 is 5.97 Å². The molecule has 0 aliphatic carbocycles. The van der Waals surface area contributed by atoms with E-state index in [9.17, 15) is 9.18 Å². The van der Waals surface area contributed by atoms with E-state index in [2.05, 4.69) is 4.74 Å². The fourth-order valence-corrected chi connectivity index (χ4v) is 1.58. The molecule has 1 aromatic rings. The van der Waals surface area contributed by atoms with Gasteiger partial charge in [-0.05, 0) is 17.7 Å². The topological polar surface area (TPSA) is 61.5 Å². The van der Waals surface area contributed by atoms with Crippen LogP contribution in [0.15, 0.2) is 12.1 Å². The Labute approximate surface area is 103 Å². The molecule has 1 atom stereocenters. The Morgan fingerprint density at radius 2 is 2.18 bits per heavy atom. The van der Waals surface area contributed by atoms with Gasteiger partial charge in [0.1, 0.15) is 17.6 Å². The van der Waals surface area contributed by atoms with Crippen LogP contribution < -0.4 is 10.5 Å². The van der Waals surface area contributed by atoms with E-state index in [0.29, 0.717) is 5.75 Å². The summed E-state index contributed by atoms with van der Waals surface area (Å²) in [6, 6.07) is 1.63. The van der Waals surface area contributed by atoms with E-state index in [0.717, 1.165) is 6.07 Å². The summed E-state index contributed by atoms with van der Waals surface area (Å²) in [6.07, 6.45) is 0.0199. The summed E-state index contributed by atoms with van der Waals surface area (Å²) in [5.74, 6) is -0.798. The van der Waals surface area contributed by atoms with Gasteiger partial charge in [-0.15, -0.1) is 0 Å². The van der Waals surface area contributed by atoms with Crippen LogP contribution in [-0.4, -0.2) is 26.2 Å². The van der Waals surface area contributed by atoms with Crippen molar-refractivity contribution in [2.24, 2.45) is 5.73 Å². The lowest BCUT2D eigenvalue weighted by Gasteiger charge is -2.12. The third-order valence-corrected chi connectivity index (χ3v) is 2.56. The van der Waals surface area contributed by atoms with E-state index >= 15 is 0 Å². The second-order valence-electron chi connectivity index (χ2n) is 3.41. The predicted molar refractivity (Wildman–Crippen MR) is 61.7 cm³/mol. The molecule has 94 valence electrons. The molecule has 1 unspecified atom stereocenters. The van der Waals surface area contributed by atoms with E-state index < -0.39 is 17.8 Å². The number of nitrogens with two attached hydrogens (primary N) is 1. The number of carbonyl (C=O) groups excluding carboxylic acids is 1. The Kier molecular flexibility index (Phi) is 4.72. The zero-order chi connectivity index (χ0) is 13.0. The van der Waals surface area contributed by atoms with Crippen LogP contribution in [0.5, 0.6) is 5.75 Å². The molecule has 2 N–H and O–H groups in total. The predicted octanol–water partition coefficient (Wildman–Crippen LogP) is 1.53. The summed E-state index contributed by atoms with van der Waals surface area (Å²) in [4.78, 5) is 11.1. The Hall–Kier alpha value is -1.33. The SMILES string of the molecule is COC(=O)C(N)Cc1cc(OC)c(Cl)cc1F. The van der Waals surface area contributed by atoms with Gasteiger partial charge in [0, 0.05) is 6.42 Å². The van der Waals surface area contributed by atoms with Crippen molar-refractivity contribution < 1.29 is 18.7 Å². The number of hydrogen-bond acceptors (Lipinski definition) is 4. The molecule has 0 fully saturated rings. The molecule has 4 nitrogen and oxygen atoms in total. The summed E-state index contributed by atoms with van der Waals surface area (Å²) < 4.78 is 23.0. The van der Waals surface area contributed by atoms with E-state index in [4.69, 9.17) is 22.1 Å². The molecule has 0 aromatic heterocycles. The highest BCUT2D eigenvalue weighted by Crippen LogP contribution is 2.27. The molecule has 0 saturated carbocycles. The number of methoxy groups -OCH3 is 2. The van der Waals surface area contributed by atoms with E-state index in [1.807, 2.05) is 0 Å². The zero-order valence-electron chi connectivity index (χ0n) is 9.50. The first-order valence-electron chi connectivity index (χ1n) is 4.85. The first kappa shape index (κ1) is 13.7. The van der Waals surface area contributed by atoms with Crippen molar-refractivity contribution in [2.75, 3.05) is 14.2 Å². The van der Waals surface area contributed by atoms with Gasteiger partial charge in [-0.3, -0.25) is 4.79 Å². The standard InChI is InChI=1S/C11H13ClFNO3/c1-16-10-4-6(8(13)5-7(10)12)3-9(14)11(15)17-2/h4-5,9H,3,14H2,1-2H3. The van der Waals surface area contributed by atoms with Crippen LogP contribution in [-0.2, 0) is 16.0 Å². The fraction of sp³-hybridized carbons (Fsp3) is 0.364. The lowest BCUT2D eigenvalue weighted by atomic mass is 10.1. The average molecular weight is 262 g/mol. The highest BCUT2D eigenvalue weighted by atomic mass is 35.5. The highest BCUT2D eigenvalue weighted by Gasteiger charge is 2.18. The van der Waals surface area contributed by atoms with Gasteiger partial charge in [0.2, 0.25) is 0 Å². The normalized spacial score (nSPS) is 12.1. The van der Waals surface area contributed by atoms with Crippen molar-refractivity contribution in [1.29, 1.82) is 0 Å². The van der Waals surface area contributed by atoms with Crippen molar-refractivity contribution in [3.8, 4) is 5.75 Å². The van der Waals surface area contributed by atoms with Crippen LogP contribution in [0.25, 0.3) is 0 Å². The van der Waals surface area contributed by atoms with Crippen LogP contribution in [0, 0.1) is 5.82 Å². The van der Waals surface area contributed by atoms with Crippen LogP contribution in [0.2, 0.25) is 5.02 Å². The lowest BCUT2D eigenvalue weighted by Crippen LogP contribution is -2.33. The minimum atomic E-state index is -0.916. The summed E-state index contributed by atoms with van der Waals surface area (Å²) in [5, 5.41) is 0.167. The smallest absolute Gasteiger partial charge is 0.322 e. The van der Waals surface area contributed by atoms with Gasteiger partial charge in [0.25, 0.3) is 0 Å². The molecule has 0 amide bonds. The molecule has 0 saturated heterocycles. The Balaban J connectivity index is 2.94. The largest absolute Gasteiger partial charge is 0.495 e. The van der Waals surface area contributed by atoms with Gasteiger partial charge in [-0.1, -0.05) is 11.6 Å². The summed E-state index contributed by atoms with van der Waals surface area (Å²) >= 11 is 5.74. The van der Waals surface area contributed by atoms with E-state index in [-0.39, 0.29) is 17.0 Å². The number of halogens is 2. The molecular weight excluding hydrogens is 249 g/mol. The lowest BCUT2D eigenvalue weighted by molar-refractivity contribution is -0.142. The van der Waals surface area contributed by atoms with E-state index in [1.54, 1.807) is 0 Å². The van der Waals surface area contributed by atoms with Gasteiger partial charge in [0.05, 0.1) is 19.2 Å². The number of carbonyl (C=O) groups is 1. The van der Waals surface area contributed by atoms with Gasteiger partial charge < -0.3 is 15.2 Å². The van der Waals surface area contributed by atoms with Crippen LogP contribution >= 0.6 is 11.6 Å². The highest BCUT2D eigenvalue weighted by molar-refractivity contribution is 6.32. The van der Waals surface area contributed by atoms with Crippen molar-refractivity contribution in [1.82, 2.24) is 0 Å². The van der Waals surface area contributed by atoms with Crippen molar-refractivity contribution in [3.05, 3.63) is 28.5 Å². The minimum Gasteiger partial charge on any atom is -0.495 e. The number of benzene rings is 1. The first-order valence-corrected chi connectivity index (χ1v) is 5.22. The maximum absolute atomic E-state index is 13.5. The molecule has 17 heavy (non-hydrogen) atoms.